The van der Waals surface area contributed by atoms with Crippen LogP contribution in [0.5, 0.6) is 0 Å². The molecule has 1 amide bonds. The number of hydrogen-bond acceptors (Lipinski definition) is 4. The number of carbonyl (C=O) groups is 1. The van der Waals surface area contributed by atoms with Crippen LogP contribution in [0.25, 0.3) is 0 Å². The minimum atomic E-state index is -0.0731. The number of nitrogens with one attached hydrogen (secondary N) is 1. The van der Waals surface area contributed by atoms with E-state index in [4.69, 9.17) is 11.0 Å². The SMILES string of the molecule is CCN(CC(=O)NCC#N)C1CCCC1CN. The lowest BCUT2D eigenvalue weighted by Gasteiger charge is -2.31. The van der Waals surface area contributed by atoms with E-state index in [0.29, 0.717) is 25.0 Å². The Morgan fingerprint density at radius 3 is 2.94 bits per heavy atom. The molecular weight excluding hydrogens is 216 g/mol. The molecule has 2 atom stereocenters. The molecule has 1 fully saturated rings. The summed E-state index contributed by atoms with van der Waals surface area (Å²) in [6.07, 6.45) is 3.49. The summed E-state index contributed by atoms with van der Waals surface area (Å²) in [5.74, 6) is 0.440. The van der Waals surface area contributed by atoms with E-state index in [2.05, 4.69) is 17.1 Å². The second-order valence-corrected chi connectivity index (χ2v) is 4.49. The molecular formula is C12H22N4O. The molecule has 1 aliphatic rings. The standard InChI is InChI=1S/C12H22N4O/c1-2-16(9-12(17)15-7-6-13)11-5-3-4-10(11)8-14/h10-11H,2-5,7-9,14H2,1H3,(H,15,17). The van der Waals surface area contributed by atoms with Crippen LogP contribution >= 0.6 is 0 Å². The fourth-order valence-electron chi connectivity index (χ4n) is 2.61. The monoisotopic (exact) mass is 238 g/mol. The van der Waals surface area contributed by atoms with Gasteiger partial charge in [-0.15, -0.1) is 0 Å². The molecule has 1 rings (SSSR count). The van der Waals surface area contributed by atoms with Crippen LogP contribution < -0.4 is 11.1 Å². The number of rotatable bonds is 6. The first-order valence-corrected chi connectivity index (χ1v) is 6.30. The van der Waals surface area contributed by atoms with Gasteiger partial charge in [-0.1, -0.05) is 13.3 Å². The Hall–Kier alpha value is -1.12. The first-order valence-electron chi connectivity index (χ1n) is 6.30. The zero-order valence-corrected chi connectivity index (χ0v) is 10.5. The van der Waals surface area contributed by atoms with Crippen molar-refractivity contribution in [3.63, 3.8) is 0 Å². The number of nitrogens with zero attached hydrogens (tertiary/aromatic N) is 2. The predicted octanol–water partition coefficient (Wildman–Crippen LogP) is 0.0755. The summed E-state index contributed by atoms with van der Waals surface area (Å²) in [7, 11) is 0. The highest BCUT2D eigenvalue weighted by atomic mass is 16.2. The van der Waals surface area contributed by atoms with E-state index in [0.717, 1.165) is 19.4 Å². The molecule has 3 N–H and O–H groups in total. The molecule has 0 aliphatic heterocycles. The maximum atomic E-state index is 11.6. The molecule has 0 heterocycles. The Morgan fingerprint density at radius 1 is 1.59 bits per heavy atom. The van der Waals surface area contributed by atoms with Crippen molar-refractivity contribution in [1.82, 2.24) is 10.2 Å². The van der Waals surface area contributed by atoms with Gasteiger partial charge in [0.15, 0.2) is 0 Å². The summed E-state index contributed by atoms with van der Waals surface area (Å²) >= 11 is 0. The van der Waals surface area contributed by atoms with Crippen LogP contribution in [0.1, 0.15) is 26.2 Å². The van der Waals surface area contributed by atoms with Crippen molar-refractivity contribution in [2.24, 2.45) is 11.7 Å². The molecule has 17 heavy (non-hydrogen) atoms. The summed E-state index contributed by atoms with van der Waals surface area (Å²) in [5, 5.41) is 11.0. The molecule has 0 aromatic carbocycles. The number of nitriles is 1. The number of carbonyl (C=O) groups excluding carboxylic acids is 1. The number of likely N-dealkylation sites (N-methyl/N-ethyl adjacent to an activating group) is 1. The Labute approximate surface area is 103 Å². The van der Waals surface area contributed by atoms with Gasteiger partial charge in [0.2, 0.25) is 5.91 Å². The van der Waals surface area contributed by atoms with E-state index in [1.807, 2.05) is 6.07 Å². The Bertz CT molecular complexity index is 287. The Morgan fingerprint density at radius 2 is 2.35 bits per heavy atom. The number of nitrogens with two attached hydrogens (primary N) is 1. The normalized spacial score (nSPS) is 23.6. The predicted molar refractivity (Wildman–Crippen MR) is 66.1 cm³/mol. The van der Waals surface area contributed by atoms with E-state index in [9.17, 15) is 4.79 Å². The lowest BCUT2D eigenvalue weighted by molar-refractivity contribution is -0.122. The average molecular weight is 238 g/mol. The molecule has 5 heteroatoms. The topological polar surface area (TPSA) is 82.2 Å². The summed E-state index contributed by atoms with van der Waals surface area (Å²) < 4.78 is 0. The van der Waals surface area contributed by atoms with Crippen LogP contribution in [0, 0.1) is 17.2 Å². The van der Waals surface area contributed by atoms with Crippen molar-refractivity contribution in [3.05, 3.63) is 0 Å². The highest BCUT2D eigenvalue weighted by molar-refractivity contribution is 5.78. The average Bonchev–Trinajstić information content (AvgIpc) is 2.81. The van der Waals surface area contributed by atoms with Gasteiger partial charge >= 0.3 is 0 Å². The first kappa shape index (κ1) is 13.9. The van der Waals surface area contributed by atoms with Crippen molar-refractivity contribution >= 4 is 5.91 Å². The molecule has 0 aromatic rings. The summed E-state index contributed by atoms with van der Waals surface area (Å²) in [6, 6.07) is 2.34. The minimum absolute atomic E-state index is 0.0731. The van der Waals surface area contributed by atoms with E-state index in [1.54, 1.807) is 0 Å². The maximum Gasteiger partial charge on any atom is 0.235 e. The molecule has 0 spiro atoms. The largest absolute Gasteiger partial charge is 0.342 e. The Kier molecular flexibility index (Phi) is 5.95. The van der Waals surface area contributed by atoms with Crippen molar-refractivity contribution in [2.45, 2.75) is 32.2 Å². The van der Waals surface area contributed by atoms with Gasteiger partial charge < -0.3 is 11.1 Å². The van der Waals surface area contributed by atoms with E-state index in [1.165, 1.54) is 6.42 Å². The molecule has 0 radical (unpaired) electrons. The van der Waals surface area contributed by atoms with Gasteiger partial charge in [0, 0.05) is 6.04 Å². The van der Waals surface area contributed by atoms with Crippen LogP contribution in [-0.4, -0.2) is 43.0 Å². The van der Waals surface area contributed by atoms with E-state index in [-0.39, 0.29) is 12.5 Å². The van der Waals surface area contributed by atoms with Crippen molar-refractivity contribution in [1.29, 1.82) is 5.26 Å². The van der Waals surface area contributed by atoms with Gasteiger partial charge in [-0.25, -0.2) is 0 Å². The summed E-state index contributed by atoms with van der Waals surface area (Å²) in [5.41, 5.74) is 5.76. The highest BCUT2D eigenvalue weighted by Gasteiger charge is 2.31. The third kappa shape index (κ3) is 3.99. The van der Waals surface area contributed by atoms with E-state index < -0.39 is 0 Å². The summed E-state index contributed by atoms with van der Waals surface area (Å²) in [4.78, 5) is 13.8. The van der Waals surface area contributed by atoms with Crippen molar-refractivity contribution in [2.75, 3.05) is 26.2 Å². The number of amides is 1. The van der Waals surface area contributed by atoms with Crippen LogP contribution in [0.4, 0.5) is 0 Å². The quantitative estimate of drug-likeness (QED) is 0.642. The fraction of sp³-hybridized carbons (Fsp3) is 0.833. The smallest absolute Gasteiger partial charge is 0.235 e. The van der Waals surface area contributed by atoms with Gasteiger partial charge in [0.1, 0.15) is 6.54 Å². The van der Waals surface area contributed by atoms with Crippen LogP contribution in [-0.2, 0) is 4.79 Å². The zero-order chi connectivity index (χ0) is 12.7. The molecule has 96 valence electrons. The lowest BCUT2D eigenvalue weighted by Crippen LogP contribution is -2.45. The van der Waals surface area contributed by atoms with Gasteiger partial charge in [0.25, 0.3) is 0 Å². The van der Waals surface area contributed by atoms with Crippen molar-refractivity contribution in [3.8, 4) is 6.07 Å². The second kappa shape index (κ2) is 7.25. The zero-order valence-electron chi connectivity index (χ0n) is 10.5. The van der Waals surface area contributed by atoms with Crippen LogP contribution in [0.15, 0.2) is 0 Å². The van der Waals surface area contributed by atoms with Gasteiger partial charge in [0.05, 0.1) is 12.6 Å². The highest BCUT2D eigenvalue weighted by Crippen LogP contribution is 2.28. The number of hydrogen-bond donors (Lipinski definition) is 2. The Balaban J connectivity index is 2.47. The third-order valence-electron chi connectivity index (χ3n) is 3.51. The van der Waals surface area contributed by atoms with Crippen molar-refractivity contribution < 1.29 is 4.79 Å². The fourth-order valence-corrected chi connectivity index (χ4v) is 2.61. The maximum absolute atomic E-state index is 11.6. The molecule has 0 saturated heterocycles. The van der Waals surface area contributed by atoms with E-state index >= 15 is 0 Å². The molecule has 5 nitrogen and oxygen atoms in total. The third-order valence-corrected chi connectivity index (χ3v) is 3.51. The minimum Gasteiger partial charge on any atom is -0.342 e. The van der Waals surface area contributed by atoms with Gasteiger partial charge in [-0.3, -0.25) is 9.69 Å². The molecule has 2 unspecified atom stereocenters. The molecule has 1 saturated carbocycles. The lowest BCUT2D eigenvalue weighted by atomic mass is 10.0. The molecule has 1 aliphatic carbocycles. The van der Waals surface area contributed by atoms with Crippen LogP contribution in [0.3, 0.4) is 0 Å². The van der Waals surface area contributed by atoms with Crippen LogP contribution in [0.2, 0.25) is 0 Å². The van der Waals surface area contributed by atoms with Gasteiger partial charge in [-0.05, 0) is 31.8 Å². The summed E-state index contributed by atoms with van der Waals surface area (Å²) in [6.45, 7) is 4.06. The second-order valence-electron chi connectivity index (χ2n) is 4.49. The molecule has 0 bridgehead atoms. The first-order chi connectivity index (χ1) is 8.22. The van der Waals surface area contributed by atoms with Gasteiger partial charge in [-0.2, -0.15) is 5.26 Å². The molecule has 0 aromatic heterocycles.